The van der Waals surface area contributed by atoms with Gasteiger partial charge in [0.25, 0.3) is 0 Å². The summed E-state index contributed by atoms with van der Waals surface area (Å²) in [4.78, 5) is 0. The van der Waals surface area contributed by atoms with Crippen molar-refractivity contribution in [3.63, 3.8) is 0 Å². The lowest BCUT2D eigenvalue weighted by atomic mass is 9.67. The van der Waals surface area contributed by atoms with E-state index in [1.54, 1.807) is 6.07 Å². The Morgan fingerprint density at radius 3 is 2.50 bits per heavy atom. The molecule has 2 heteroatoms. The van der Waals surface area contributed by atoms with Gasteiger partial charge in [0.1, 0.15) is 5.82 Å². The number of hydrogen-bond donors (Lipinski definition) is 0. The quantitative estimate of drug-likeness (QED) is 0.365. The number of halogens is 1. The van der Waals surface area contributed by atoms with E-state index in [1.807, 2.05) is 0 Å². The van der Waals surface area contributed by atoms with Crippen LogP contribution >= 0.6 is 0 Å². The Kier molecular flexibility index (Phi) is 5.00. The summed E-state index contributed by atoms with van der Waals surface area (Å²) in [5.41, 5.74) is 8.52. The fourth-order valence-electron chi connectivity index (χ4n) is 6.71. The first-order chi connectivity index (χ1) is 15.3. The number of rotatable bonds is 5. The minimum absolute atomic E-state index is 0.0564. The number of nitrogens with zero attached hydrogens (tertiary/aromatic N) is 1. The molecule has 0 fully saturated rings. The minimum Gasteiger partial charge on any atom is -0.207 e. The SMILES string of the molecule is CCCCc1cc2c3c4[n+](ccc3c1C)C(CC)(CC)CCc1ccc(F)c(c1-4)C2(C)C. The molecule has 1 aliphatic heterocycles. The van der Waals surface area contributed by atoms with Gasteiger partial charge in [-0.3, -0.25) is 0 Å². The first-order valence-corrected chi connectivity index (χ1v) is 12.6. The van der Waals surface area contributed by atoms with Crippen molar-refractivity contribution in [2.75, 3.05) is 0 Å². The number of pyridine rings is 1. The van der Waals surface area contributed by atoms with E-state index in [0.29, 0.717) is 0 Å². The smallest absolute Gasteiger partial charge is 0.207 e. The Bertz CT molecular complexity index is 1230. The number of hydrogen-bond acceptors (Lipinski definition) is 0. The van der Waals surface area contributed by atoms with Crippen LogP contribution in [-0.4, -0.2) is 0 Å². The molecule has 0 N–H and O–H groups in total. The molecule has 0 bridgehead atoms. The molecule has 0 radical (unpaired) electrons. The lowest BCUT2D eigenvalue weighted by Gasteiger charge is -2.36. The molecule has 5 rings (SSSR count). The Morgan fingerprint density at radius 2 is 1.81 bits per heavy atom. The maximum Gasteiger partial charge on any atom is 0.221 e. The van der Waals surface area contributed by atoms with Crippen LogP contribution in [0, 0.1) is 12.7 Å². The third-order valence-electron chi connectivity index (χ3n) is 8.87. The number of aromatic nitrogens is 1. The maximum atomic E-state index is 15.6. The van der Waals surface area contributed by atoms with Gasteiger partial charge in [0.05, 0.1) is 10.9 Å². The second-order valence-electron chi connectivity index (χ2n) is 10.6. The largest absolute Gasteiger partial charge is 0.221 e. The zero-order valence-electron chi connectivity index (χ0n) is 20.7. The van der Waals surface area contributed by atoms with Crippen molar-refractivity contribution in [3.8, 4) is 11.3 Å². The van der Waals surface area contributed by atoms with E-state index < -0.39 is 0 Å². The molecule has 1 aromatic heterocycles. The van der Waals surface area contributed by atoms with Crippen molar-refractivity contribution in [3.05, 3.63) is 64.1 Å². The van der Waals surface area contributed by atoms with Crippen LogP contribution in [0.3, 0.4) is 0 Å². The van der Waals surface area contributed by atoms with Crippen molar-refractivity contribution in [1.29, 1.82) is 0 Å². The molecule has 2 heterocycles. The summed E-state index contributed by atoms with van der Waals surface area (Å²) in [5, 5.41) is 2.72. The molecule has 0 saturated heterocycles. The molecule has 0 saturated carbocycles. The molecule has 0 spiro atoms. The van der Waals surface area contributed by atoms with Gasteiger partial charge in [-0.05, 0) is 59.9 Å². The fourth-order valence-corrected chi connectivity index (χ4v) is 6.71. The average Bonchev–Trinajstić information content (AvgIpc) is 2.92. The highest BCUT2D eigenvalue weighted by molar-refractivity contribution is 6.02. The van der Waals surface area contributed by atoms with E-state index in [-0.39, 0.29) is 16.8 Å². The molecule has 0 amide bonds. The third kappa shape index (κ3) is 2.71. The number of unbranched alkanes of at least 4 members (excludes halogenated alkanes) is 1. The molecule has 2 aromatic carbocycles. The Morgan fingerprint density at radius 1 is 1.06 bits per heavy atom. The number of aryl methyl sites for hydroxylation is 3. The molecule has 0 atom stereocenters. The predicted octanol–water partition coefficient (Wildman–Crippen LogP) is 7.69. The van der Waals surface area contributed by atoms with E-state index >= 15 is 4.39 Å². The Hall–Kier alpha value is -2.22. The highest BCUT2D eigenvalue weighted by Crippen LogP contribution is 2.52. The van der Waals surface area contributed by atoms with Crippen LogP contribution in [0.15, 0.2) is 30.5 Å². The van der Waals surface area contributed by atoms with Crippen molar-refractivity contribution in [1.82, 2.24) is 0 Å². The monoisotopic (exact) mass is 430 g/mol. The van der Waals surface area contributed by atoms with Crippen LogP contribution in [0.4, 0.5) is 4.39 Å². The van der Waals surface area contributed by atoms with Crippen LogP contribution in [0.25, 0.3) is 22.0 Å². The second-order valence-corrected chi connectivity index (χ2v) is 10.6. The van der Waals surface area contributed by atoms with Crippen LogP contribution in [0.2, 0.25) is 0 Å². The van der Waals surface area contributed by atoms with Crippen molar-refractivity contribution in [2.24, 2.45) is 0 Å². The van der Waals surface area contributed by atoms with Gasteiger partial charge in [0.2, 0.25) is 5.69 Å². The highest BCUT2D eigenvalue weighted by atomic mass is 19.1. The summed E-state index contributed by atoms with van der Waals surface area (Å²) in [7, 11) is 0. The molecule has 0 unspecified atom stereocenters. The maximum absolute atomic E-state index is 15.6. The first-order valence-electron chi connectivity index (χ1n) is 12.6. The Balaban J connectivity index is 2.00. The zero-order valence-corrected chi connectivity index (χ0v) is 20.7. The topological polar surface area (TPSA) is 3.88 Å². The standard InChI is InChI=1S/C30H37FN/c1-7-10-11-21-18-23-26-22(19(21)4)15-17-32-28(26)25-20(14-16-30(32,8-2)9-3)12-13-24(31)27(25)29(23,5)6/h12-13,15,17-18H,7-11,14,16H2,1-6H3/q+1. The van der Waals surface area contributed by atoms with Gasteiger partial charge >= 0.3 is 0 Å². The summed E-state index contributed by atoms with van der Waals surface area (Å²) >= 11 is 0. The van der Waals surface area contributed by atoms with Crippen molar-refractivity contribution < 1.29 is 8.96 Å². The summed E-state index contributed by atoms with van der Waals surface area (Å²) < 4.78 is 18.2. The predicted molar refractivity (Wildman–Crippen MR) is 132 cm³/mol. The number of benzene rings is 2. The highest BCUT2D eigenvalue weighted by Gasteiger charge is 2.48. The van der Waals surface area contributed by atoms with Crippen LogP contribution in [0.1, 0.15) is 94.5 Å². The van der Waals surface area contributed by atoms with Crippen LogP contribution < -0.4 is 4.57 Å². The van der Waals surface area contributed by atoms with Crippen LogP contribution in [-0.2, 0) is 23.8 Å². The van der Waals surface area contributed by atoms with Gasteiger partial charge < -0.3 is 0 Å². The molecule has 2 aliphatic rings. The molecule has 32 heavy (non-hydrogen) atoms. The van der Waals surface area contributed by atoms with Gasteiger partial charge in [0, 0.05) is 36.3 Å². The van der Waals surface area contributed by atoms with Gasteiger partial charge in [-0.15, -0.1) is 0 Å². The van der Waals surface area contributed by atoms with E-state index in [1.165, 1.54) is 57.1 Å². The van der Waals surface area contributed by atoms with Gasteiger partial charge in [-0.25, -0.2) is 4.39 Å². The summed E-state index contributed by atoms with van der Waals surface area (Å²) in [6.07, 6.45) is 10.1. The third-order valence-corrected chi connectivity index (χ3v) is 8.87. The molecular formula is C30H37FN+. The summed E-state index contributed by atoms with van der Waals surface area (Å²) in [6.45, 7) is 13.6. The second kappa shape index (κ2) is 7.40. The van der Waals surface area contributed by atoms with Gasteiger partial charge in [0.15, 0.2) is 11.7 Å². The summed E-state index contributed by atoms with van der Waals surface area (Å²) in [6, 6.07) is 8.57. The lowest BCUT2D eigenvalue weighted by molar-refractivity contribution is -0.756. The van der Waals surface area contributed by atoms with Gasteiger partial charge in [-0.1, -0.05) is 53.2 Å². The molecule has 168 valence electrons. The van der Waals surface area contributed by atoms with E-state index in [9.17, 15) is 0 Å². The first kappa shape index (κ1) is 21.6. The van der Waals surface area contributed by atoms with E-state index in [4.69, 9.17) is 0 Å². The molecule has 1 aliphatic carbocycles. The van der Waals surface area contributed by atoms with Crippen LogP contribution in [0.5, 0.6) is 0 Å². The minimum atomic E-state index is -0.361. The Labute approximate surface area is 192 Å². The molecule has 1 nitrogen and oxygen atoms in total. The van der Waals surface area contributed by atoms with Gasteiger partial charge in [-0.2, -0.15) is 4.57 Å². The zero-order chi connectivity index (χ0) is 22.8. The average molecular weight is 431 g/mol. The molecule has 3 aromatic rings. The van der Waals surface area contributed by atoms with Crippen molar-refractivity contribution >= 4 is 10.8 Å². The van der Waals surface area contributed by atoms with Crippen molar-refractivity contribution in [2.45, 2.75) is 97.4 Å². The molecular weight excluding hydrogens is 393 g/mol. The lowest BCUT2D eigenvalue weighted by Crippen LogP contribution is -2.57. The van der Waals surface area contributed by atoms with E-state index in [0.717, 1.165) is 37.7 Å². The normalized spacial score (nSPS) is 17.5. The fraction of sp³-hybridized carbons (Fsp3) is 0.500. The summed E-state index contributed by atoms with van der Waals surface area (Å²) in [5.74, 6) is -0.0564. The van der Waals surface area contributed by atoms with E-state index in [2.05, 4.69) is 70.5 Å².